The first kappa shape index (κ1) is 13.7. The summed E-state index contributed by atoms with van der Waals surface area (Å²) in [5, 5.41) is 8.40. The van der Waals surface area contributed by atoms with Gasteiger partial charge in [-0.25, -0.2) is 4.79 Å². The molecule has 1 amide bonds. The highest BCUT2D eigenvalue weighted by Crippen LogP contribution is 1.94. The van der Waals surface area contributed by atoms with Gasteiger partial charge >= 0.3 is 5.69 Å². The molecule has 0 atom stereocenters. The van der Waals surface area contributed by atoms with Gasteiger partial charge in [-0.1, -0.05) is 0 Å². The molecule has 1 rings (SSSR count). The van der Waals surface area contributed by atoms with Crippen molar-refractivity contribution in [1.29, 1.82) is 5.26 Å². The van der Waals surface area contributed by atoms with Crippen LogP contribution in [0.4, 0.5) is 0 Å². The molecule has 0 unspecified atom stereocenters. The number of aromatic nitrogens is 2. The van der Waals surface area contributed by atoms with E-state index in [9.17, 15) is 14.4 Å². The maximum Gasteiger partial charge on any atom is 0.328 e. The molecular weight excluding hydrogens is 236 g/mol. The predicted octanol–water partition coefficient (Wildman–Crippen LogP) is -0.701. The van der Waals surface area contributed by atoms with Gasteiger partial charge in [-0.05, 0) is 0 Å². The Kier molecular flexibility index (Phi) is 4.87. The number of aryl methyl sites for hydroxylation is 1. The van der Waals surface area contributed by atoms with Crippen LogP contribution in [0.15, 0.2) is 21.9 Å². The highest BCUT2D eigenvalue weighted by molar-refractivity contribution is 5.75. The van der Waals surface area contributed by atoms with E-state index < -0.39 is 11.2 Å². The van der Waals surface area contributed by atoms with E-state index in [0.29, 0.717) is 6.54 Å². The summed E-state index contributed by atoms with van der Waals surface area (Å²) in [5.74, 6) is -0.150. The lowest BCUT2D eigenvalue weighted by Gasteiger charge is -2.15. The van der Waals surface area contributed by atoms with Crippen LogP contribution >= 0.6 is 0 Å². The van der Waals surface area contributed by atoms with Crippen LogP contribution < -0.4 is 11.2 Å². The van der Waals surface area contributed by atoms with Gasteiger partial charge in [-0.3, -0.25) is 14.6 Å². The lowest BCUT2D eigenvalue weighted by molar-refractivity contribution is -0.130. The van der Waals surface area contributed by atoms with Gasteiger partial charge < -0.3 is 9.47 Å². The Morgan fingerprint density at radius 3 is 2.89 bits per heavy atom. The molecule has 1 N–H and O–H groups in total. The topological polar surface area (TPSA) is 99.0 Å². The summed E-state index contributed by atoms with van der Waals surface area (Å²) in [6.45, 7) is 0.571. The van der Waals surface area contributed by atoms with Crippen LogP contribution in [0.2, 0.25) is 0 Å². The Hall–Kier alpha value is -2.36. The number of carbonyl (C=O) groups excluding carboxylic acids is 1. The number of H-pyrrole nitrogens is 1. The van der Waals surface area contributed by atoms with Crippen LogP contribution in [0.5, 0.6) is 0 Å². The summed E-state index contributed by atoms with van der Waals surface area (Å²) >= 11 is 0. The highest BCUT2D eigenvalue weighted by atomic mass is 16.2. The minimum absolute atomic E-state index is 0.147. The average molecular weight is 250 g/mol. The van der Waals surface area contributed by atoms with Gasteiger partial charge in [0.05, 0.1) is 12.5 Å². The molecule has 1 aromatic heterocycles. The van der Waals surface area contributed by atoms with Crippen molar-refractivity contribution < 1.29 is 4.79 Å². The molecule has 1 heterocycles. The molecule has 0 radical (unpaired) electrons. The SMILES string of the molecule is CN(CCC#N)C(=O)CCn1ccc(=O)[nH]c1=O. The van der Waals surface area contributed by atoms with E-state index in [1.165, 1.54) is 21.7 Å². The second kappa shape index (κ2) is 6.39. The van der Waals surface area contributed by atoms with Gasteiger partial charge in [0.15, 0.2) is 0 Å². The summed E-state index contributed by atoms with van der Waals surface area (Å²) in [7, 11) is 1.61. The molecule has 18 heavy (non-hydrogen) atoms. The quantitative estimate of drug-likeness (QED) is 0.746. The van der Waals surface area contributed by atoms with Crippen molar-refractivity contribution in [2.75, 3.05) is 13.6 Å². The summed E-state index contributed by atoms with van der Waals surface area (Å²) in [6, 6.07) is 3.18. The zero-order valence-corrected chi connectivity index (χ0v) is 10.0. The van der Waals surface area contributed by atoms with Crippen LogP contribution in [-0.4, -0.2) is 34.0 Å². The number of hydrogen-bond acceptors (Lipinski definition) is 4. The van der Waals surface area contributed by atoms with E-state index in [1.807, 2.05) is 6.07 Å². The largest absolute Gasteiger partial charge is 0.345 e. The molecule has 0 spiro atoms. The van der Waals surface area contributed by atoms with E-state index in [1.54, 1.807) is 7.05 Å². The number of nitrogens with one attached hydrogen (secondary N) is 1. The summed E-state index contributed by atoms with van der Waals surface area (Å²) in [5.41, 5.74) is -0.997. The molecule has 0 bridgehead atoms. The molecule has 1 aromatic rings. The Bertz CT molecular complexity index is 567. The fourth-order valence-corrected chi connectivity index (χ4v) is 1.37. The van der Waals surface area contributed by atoms with Gasteiger partial charge in [0.1, 0.15) is 0 Å². The first-order chi connectivity index (χ1) is 8.54. The van der Waals surface area contributed by atoms with Gasteiger partial charge in [0, 0.05) is 38.8 Å². The zero-order valence-electron chi connectivity index (χ0n) is 10.0. The minimum Gasteiger partial charge on any atom is -0.345 e. The number of hydrogen-bond donors (Lipinski definition) is 1. The molecule has 0 fully saturated rings. The van der Waals surface area contributed by atoms with Gasteiger partial charge in [0.2, 0.25) is 5.91 Å². The van der Waals surface area contributed by atoms with Crippen LogP contribution in [0.25, 0.3) is 0 Å². The third-order valence-electron chi connectivity index (χ3n) is 2.45. The van der Waals surface area contributed by atoms with Crippen LogP contribution in [0.1, 0.15) is 12.8 Å². The number of aromatic amines is 1. The van der Waals surface area contributed by atoms with Crippen molar-refractivity contribution in [2.24, 2.45) is 0 Å². The number of amides is 1. The second-order valence-corrected chi connectivity index (χ2v) is 3.78. The number of rotatable bonds is 5. The van der Waals surface area contributed by atoms with E-state index in [-0.39, 0.29) is 25.3 Å². The number of nitrogens with zero attached hydrogens (tertiary/aromatic N) is 3. The van der Waals surface area contributed by atoms with E-state index in [0.717, 1.165) is 0 Å². The van der Waals surface area contributed by atoms with Gasteiger partial charge in [-0.2, -0.15) is 5.26 Å². The van der Waals surface area contributed by atoms with E-state index >= 15 is 0 Å². The molecular formula is C11H14N4O3. The maximum absolute atomic E-state index is 11.6. The molecule has 7 heteroatoms. The number of carbonyl (C=O) groups is 1. The van der Waals surface area contributed by atoms with Gasteiger partial charge in [-0.15, -0.1) is 0 Å². The van der Waals surface area contributed by atoms with Crippen molar-refractivity contribution in [3.63, 3.8) is 0 Å². The van der Waals surface area contributed by atoms with Crippen molar-refractivity contribution in [3.8, 4) is 6.07 Å². The monoisotopic (exact) mass is 250 g/mol. The Morgan fingerprint density at radius 1 is 1.56 bits per heavy atom. The molecule has 96 valence electrons. The Morgan fingerprint density at radius 2 is 2.28 bits per heavy atom. The minimum atomic E-state index is -0.532. The Labute approximate surface area is 103 Å². The fourth-order valence-electron chi connectivity index (χ4n) is 1.37. The molecule has 0 saturated heterocycles. The lowest BCUT2D eigenvalue weighted by Crippen LogP contribution is -2.32. The lowest BCUT2D eigenvalue weighted by atomic mass is 10.3. The molecule has 0 aliphatic heterocycles. The summed E-state index contributed by atoms with van der Waals surface area (Å²) in [4.78, 5) is 37.4. The molecule has 0 aliphatic rings. The van der Waals surface area contributed by atoms with E-state index in [4.69, 9.17) is 5.26 Å². The van der Waals surface area contributed by atoms with Crippen molar-refractivity contribution >= 4 is 5.91 Å². The second-order valence-electron chi connectivity index (χ2n) is 3.78. The molecule has 0 aliphatic carbocycles. The number of nitriles is 1. The maximum atomic E-state index is 11.6. The molecule has 0 saturated carbocycles. The first-order valence-corrected chi connectivity index (χ1v) is 5.45. The molecule has 0 aromatic carbocycles. The van der Waals surface area contributed by atoms with E-state index in [2.05, 4.69) is 4.98 Å². The Balaban J connectivity index is 2.55. The smallest absolute Gasteiger partial charge is 0.328 e. The standard InChI is InChI=1S/C11H14N4O3/c1-14(6-2-5-12)10(17)4-8-15-7-3-9(16)13-11(15)18/h3,7H,2,4,6,8H2,1H3,(H,13,16,18). The van der Waals surface area contributed by atoms with Crippen LogP contribution in [-0.2, 0) is 11.3 Å². The predicted molar refractivity (Wildman–Crippen MR) is 63.8 cm³/mol. The summed E-state index contributed by atoms with van der Waals surface area (Å²) in [6.07, 6.45) is 1.78. The average Bonchev–Trinajstić information content (AvgIpc) is 2.34. The summed E-state index contributed by atoms with van der Waals surface area (Å²) < 4.78 is 1.26. The third-order valence-corrected chi connectivity index (χ3v) is 2.45. The van der Waals surface area contributed by atoms with Crippen molar-refractivity contribution in [3.05, 3.63) is 33.1 Å². The van der Waals surface area contributed by atoms with Crippen LogP contribution in [0.3, 0.4) is 0 Å². The van der Waals surface area contributed by atoms with Crippen molar-refractivity contribution in [1.82, 2.24) is 14.5 Å². The zero-order chi connectivity index (χ0) is 13.5. The molecule has 7 nitrogen and oxygen atoms in total. The van der Waals surface area contributed by atoms with Gasteiger partial charge in [0.25, 0.3) is 5.56 Å². The fraction of sp³-hybridized carbons (Fsp3) is 0.455. The highest BCUT2D eigenvalue weighted by Gasteiger charge is 2.08. The normalized spacial score (nSPS) is 9.78. The first-order valence-electron chi connectivity index (χ1n) is 5.45. The third kappa shape index (κ3) is 3.90. The van der Waals surface area contributed by atoms with Crippen molar-refractivity contribution in [2.45, 2.75) is 19.4 Å². The van der Waals surface area contributed by atoms with Crippen LogP contribution in [0, 0.1) is 11.3 Å².